The van der Waals surface area contributed by atoms with Gasteiger partial charge < -0.3 is 4.57 Å². The Balaban J connectivity index is 2.33. The van der Waals surface area contributed by atoms with Crippen LogP contribution in [0.5, 0.6) is 0 Å². The first kappa shape index (κ1) is 15.2. The Morgan fingerprint density at radius 3 is 2.50 bits per heavy atom. The maximum absolute atomic E-state index is 4.39. The van der Waals surface area contributed by atoms with Gasteiger partial charge in [0, 0.05) is 13.0 Å². The SMILES string of the molecule is Cc1ccc(C)c(Cc2nnc(CBr)n2CC(C)C)c1. The van der Waals surface area contributed by atoms with Crippen LogP contribution in [0.3, 0.4) is 0 Å². The zero-order chi connectivity index (χ0) is 14.7. The molecule has 2 rings (SSSR count). The lowest BCUT2D eigenvalue weighted by molar-refractivity contribution is 0.500. The molecule has 0 N–H and O–H groups in total. The molecule has 1 aromatic heterocycles. The van der Waals surface area contributed by atoms with Gasteiger partial charge in [-0.3, -0.25) is 0 Å². The topological polar surface area (TPSA) is 30.7 Å². The molecule has 0 unspecified atom stereocenters. The van der Waals surface area contributed by atoms with Crippen molar-refractivity contribution in [2.75, 3.05) is 0 Å². The van der Waals surface area contributed by atoms with Gasteiger partial charge in [0.25, 0.3) is 0 Å². The molecule has 1 heterocycles. The zero-order valence-electron chi connectivity index (χ0n) is 12.7. The van der Waals surface area contributed by atoms with Gasteiger partial charge in [0.2, 0.25) is 0 Å². The van der Waals surface area contributed by atoms with E-state index in [0.29, 0.717) is 5.92 Å². The van der Waals surface area contributed by atoms with E-state index in [1.54, 1.807) is 0 Å². The van der Waals surface area contributed by atoms with Gasteiger partial charge in [-0.1, -0.05) is 53.5 Å². The van der Waals surface area contributed by atoms with Crippen molar-refractivity contribution in [3.63, 3.8) is 0 Å². The molecule has 3 nitrogen and oxygen atoms in total. The lowest BCUT2D eigenvalue weighted by Crippen LogP contribution is -2.12. The highest BCUT2D eigenvalue weighted by atomic mass is 79.9. The van der Waals surface area contributed by atoms with Crippen LogP contribution in [0.1, 0.15) is 42.2 Å². The fraction of sp³-hybridized carbons (Fsp3) is 0.500. The van der Waals surface area contributed by atoms with Crippen molar-refractivity contribution in [2.45, 2.75) is 46.0 Å². The summed E-state index contributed by atoms with van der Waals surface area (Å²) in [6.45, 7) is 9.70. The summed E-state index contributed by atoms with van der Waals surface area (Å²) in [6, 6.07) is 6.58. The zero-order valence-corrected chi connectivity index (χ0v) is 14.2. The number of nitrogens with zero attached hydrogens (tertiary/aromatic N) is 3. The summed E-state index contributed by atoms with van der Waals surface area (Å²) in [7, 11) is 0. The van der Waals surface area contributed by atoms with Gasteiger partial charge in [0.1, 0.15) is 11.6 Å². The molecule has 0 amide bonds. The summed E-state index contributed by atoms with van der Waals surface area (Å²) in [6.07, 6.45) is 0.847. The second kappa shape index (κ2) is 6.53. The molecule has 0 aliphatic heterocycles. The molecule has 0 saturated carbocycles. The van der Waals surface area contributed by atoms with Crippen molar-refractivity contribution in [1.29, 1.82) is 0 Å². The standard InChI is InChI=1S/C16H22BrN3/c1-11(2)10-20-15(18-19-16(20)9-17)8-14-7-12(3)5-6-13(14)4/h5-7,11H,8-10H2,1-4H3. The highest BCUT2D eigenvalue weighted by Crippen LogP contribution is 2.17. The molecule has 0 saturated heterocycles. The van der Waals surface area contributed by atoms with Crippen molar-refractivity contribution in [1.82, 2.24) is 14.8 Å². The van der Waals surface area contributed by atoms with E-state index in [4.69, 9.17) is 0 Å². The van der Waals surface area contributed by atoms with E-state index in [2.05, 4.69) is 76.6 Å². The van der Waals surface area contributed by atoms with Crippen LogP contribution >= 0.6 is 15.9 Å². The lowest BCUT2D eigenvalue weighted by atomic mass is 10.0. The molecule has 0 fully saturated rings. The molecular formula is C16H22BrN3. The van der Waals surface area contributed by atoms with E-state index >= 15 is 0 Å². The van der Waals surface area contributed by atoms with Gasteiger partial charge >= 0.3 is 0 Å². The Morgan fingerprint density at radius 1 is 1.15 bits per heavy atom. The largest absolute Gasteiger partial charge is 0.314 e. The van der Waals surface area contributed by atoms with Crippen molar-refractivity contribution in [3.8, 4) is 0 Å². The van der Waals surface area contributed by atoms with E-state index in [0.717, 1.165) is 29.9 Å². The Kier molecular flexibility index (Phi) is 4.97. The van der Waals surface area contributed by atoms with Gasteiger partial charge in [-0.2, -0.15) is 0 Å². The predicted molar refractivity (Wildman–Crippen MR) is 86.2 cm³/mol. The molecule has 0 aliphatic carbocycles. The van der Waals surface area contributed by atoms with Crippen molar-refractivity contribution >= 4 is 15.9 Å². The van der Waals surface area contributed by atoms with Crippen molar-refractivity contribution < 1.29 is 0 Å². The summed E-state index contributed by atoms with van der Waals surface area (Å²) in [5.74, 6) is 2.65. The van der Waals surface area contributed by atoms with E-state index in [-0.39, 0.29) is 0 Å². The number of alkyl halides is 1. The fourth-order valence-corrected chi connectivity index (χ4v) is 2.75. The maximum Gasteiger partial charge on any atom is 0.143 e. The van der Waals surface area contributed by atoms with E-state index in [9.17, 15) is 0 Å². The second-order valence-electron chi connectivity index (χ2n) is 5.78. The number of hydrogen-bond donors (Lipinski definition) is 0. The Bertz CT molecular complexity index is 587. The van der Waals surface area contributed by atoms with Gasteiger partial charge in [-0.25, -0.2) is 0 Å². The minimum Gasteiger partial charge on any atom is -0.314 e. The minimum atomic E-state index is 0.584. The average Bonchev–Trinajstić information content (AvgIpc) is 2.75. The third kappa shape index (κ3) is 3.48. The fourth-order valence-electron chi connectivity index (χ4n) is 2.34. The molecule has 4 heteroatoms. The van der Waals surface area contributed by atoms with E-state index < -0.39 is 0 Å². The van der Waals surface area contributed by atoms with Gasteiger partial charge in [0.15, 0.2) is 0 Å². The van der Waals surface area contributed by atoms with Crippen LogP contribution in [0.2, 0.25) is 0 Å². The molecule has 0 radical (unpaired) electrons. The first-order chi connectivity index (χ1) is 9.51. The molecule has 20 heavy (non-hydrogen) atoms. The smallest absolute Gasteiger partial charge is 0.143 e. The molecule has 2 aromatic rings. The summed E-state index contributed by atoms with van der Waals surface area (Å²) in [4.78, 5) is 0. The van der Waals surface area contributed by atoms with Crippen LogP contribution in [0.4, 0.5) is 0 Å². The number of hydrogen-bond acceptors (Lipinski definition) is 2. The Morgan fingerprint density at radius 2 is 1.85 bits per heavy atom. The predicted octanol–water partition coefficient (Wildman–Crippen LogP) is 4.04. The maximum atomic E-state index is 4.39. The normalized spacial score (nSPS) is 11.3. The second-order valence-corrected chi connectivity index (χ2v) is 6.34. The molecule has 108 valence electrons. The highest BCUT2D eigenvalue weighted by Gasteiger charge is 2.13. The van der Waals surface area contributed by atoms with Crippen LogP contribution in [-0.4, -0.2) is 14.8 Å². The molecular weight excluding hydrogens is 314 g/mol. The number of rotatable bonds is 5. The quantitative estimate of drug-likeness (QED) is 0.772. The summed E-state index contributed by atoms with van der Waals surface area (Å²) in [5, 5.41) is 9.44. The molecule has 0 spiro atoms. The number of halogens is 1. The van der Waals surface area contributed by atoms with Gasteiger partial charge in [-0.15, -0.1) is 10.2 Å². The number of aryl methyl sites for hydroxylation is 2. The monoisotopic (exact) mass is 335 g/mol. The van der Waals surface area contributed by atoms with Crippen molar-refractivity contribution in [2.24, 2.45) is 5.92 Å². The summed E-state index contributed by atoms with van der Waals surface area (Å²) in [5.41, 5.74) is 3.94. The molecule has 0 bridgehead atoms. The molecule has 1 aromatic carbocycles. The number of benzene rings is 1. The van der Waals surface area contributed by atoms with E-state index in [1.165, 1.54) is 16.7 Å². The summed E-state index contributed by atoms with van der Waals surface area (Å²) < 4.78 is 2.25. The Hall–Kier alpha value is -1.16. The average molecular weight is 336 g/mol. The third-order valence-electron chi connectivity index (χ3n) is 3.42. The molecule has 0 aliphatic rings. The van der Waals surface area contributed by atoms with Gasteiger partial charge in [0.05, 0.1) is 5.33 Å². The van der Waals surface area contributed by atoms with Gasteiger partial charge in [-0.05, 0) is 30.9 Å². The lowest BCUT2D eigenvalue weighted by Gasteiger charge is -2.13. The first-order valence-electron chi connectivity index (χ1n) is 7.04. The van der Waals surface area contributed by atoms with Crippen LogP contribution in [-0.2, 0) is 18.3 Å². The summed E-state index contributed by atoms with van der Waals surface area (Å²) >= 11 is 3.50. The third-order valence-corrected chi connectivity index (χ3v) is 3.93. The van der Waals surface area contributed by atoms with Crippen LogP contribution < -0.4 is 0 Å². The van der Waals surface area contributed by atoms with Crippen LogP contribution in [0.15, 0.2) is 18.2 Å². The highest BCUT2D eigenvalue weighted by molar-refractivity contribution is 9.08. The number of aromatic nitrogens is 3. The van der Waals surface area contributed by atoms with E-state index in [1.807, 2.05) is 0 Å². The minimum absolute atomic E-state index is 0.584. The van der Waals surface area contributed by atoms with Crippen LogP contribution in [0, 0.1) is 19.8 Å². The first-order valence-corrected chi connectivity index (χ1v) is 8.16. The Labute approximate surface area is 129 Å². The molecule has 0 atom stereocenters. The van der Waals surface area contributed by atoms with Crippen molar-refractivity contribution in [3.05, 3.63) is 46.5 Å². The van der Waals surface area contributed by atoms with Crippen LogP contribution in [0.25, 0.3) is 0 Å².